The summed E-state index contributed by atoms with van der Waals surface area (Å²) in [4.78, 5) is 0. The highest BCUT2D eigenvalue weighted by Crippen LogP contribution is 2.29. The van der Waals surface area contributed by atoms with Gasteiger partial charge in [-0.25, -0.2) is 0 Å². The minimum atomic E-state index is 0.572. The lowest BCUT2D eigenvalue weighted by atomic mass is 10.1. The van der Waals surface area contributed by atoms with E-state index in [2.05, 4.69) is 19.9 Å². The molecule has 0 aliphatic carbocycles. The van der Waals surface area contributed by atoms with Crippen LogP contribution in [0.15, 0.2) is 18.2 Å². The largest absolute Gasteiger partial charge is 0.490 e. The molecular formula is C16H27NO2. The van der Waals surface area contributed by atoms with Gasteiger partial charge in [0, 0.05) is 0 Å². The summed E-state index contributed by atoms with van der Waals surface area (Å²) < 4.78 is 11.5. The van der Waals surface area contributed by atoms with Crippen LogP contribution in [0.5, 0.6) is 11.5 Å². The van der Waals surface area contributed by atoms with E-state index in [0.29, 0.717) is 19.1 Å². The first-order chi connectivity index (χ1) is 9.21. The molecule has 3 heteroatoms. The van der Waals surface area contributed by atoms with Gasteiger partial charge in [0.2, 0.25) is 0 Å². The van der Waals surface area contributed by atoms with Crippen molar-refractivity contribution < 1.29 is 9.47 Å². The van der Waals surface area contributed by atoms with Crippen LogP contribution in [-0.4, -0.2) is 19.8 Å². The van der Waals surface area contributed by atoms with Crippen LogP contribution in [0.2, 0.25) is 0 Å². The van der Waals surface area contributed by atoms with Crippen LogP contribution in [-0.2, 0) is 6.42 Å². The van der Waals surface area contributed by atoms with Crippen molar-refractivity contribution >= 4 is 0 Å². The van der Waals surface area contributed by atoms with E-state index in [-0.39, 0.29) is 0 Å². The Morgan fingerprint density at radius 2 is 1.95 bits per heavy atom. The van der Waals surface area contributed by atoms with Crippen molar-refractivity contribution in [1.29, 1.82) is 0 Å². The van der Waals surface area contributed by atoms with Gasteiger partial charge in [-0.2, -0.15) is 0 Å². The maximum absolute atomic E-state index is 5.88. The Labute approximate surface area is 117 Å². The molecule has 108 valence electrons. The zero-order valence-electron chi connectivity index (χ0n) is 12.4. The van der Waals surface area contributed by atoms with Crippen molar-refractivity contribution in [3.8, 4) is 11.5 Å². The van der Waals surface area contributed by atoms with Gasteiger partial charge in [0.05, 0.1) is 13.2 Å². The van der Waals surface area contributed by atoms with Crippen LogP contribution in [0.4, 0.5) is 0 Å². The van der Waals surface area contributed by atoms with E-state index >= 15 is 0 Å². The molecule has 2 N–H and O–H groups in total. The fraction of sp³-hybridized carbons (Fsp3) is 0.625. The first-order valence-corrected chi connectivity index (χ1v) is 7.29. The van der Waals surface area contributed by atoms with Crippen molar-refractivity contribution in [2.24, 2.45) is 11.7 Å². The highest BCUT2D eigenvalue weighted by Gasteiger charge is 2.08. The minimum Gasteiger partial charge on any atom is -0.490 e. The van der Waals surface area contributed by atoms with E-state index in [1.807, 2.05) is 19.1 Å². The van der Waals surface area contributed by atoms with E-state index in [1.54, 1.807) is 0 Å². The topological polar surface area (TPSA) is 44.5 Å². The summed E-state index contributed by atoms with van der Waals surface area (Å²) >= 11 is 0. The van der Waals surface area contributed by atoms with Gasteiger partial charge in [0.1, 0.15) is 0 Å². The first-order valence-electron chi connectivity index (χ1n) is 7.29. The Balaban J connectivity index is 2.69. The number of nitrogens with two attached hydrogens (primary N) is 1. The molecule has 0 saturated carbocycles. The lowest BCUT2D eigenvalue weighted by Crippen LogP contribution is -2.09. The third kappa shape index (κ3) is 5.52. The molecule has 19 heavy (non-hydrogen) atoms. The second-order valence-electron chi connectivity index (χ2n) is 4.96. The molecule has 0 saturated heterocycles. The summed E-state index contributed by atoms with van der Waals surface area (Å²) in [5.41, 5.74) is 6.78. The average Bonchev–Trinajstić information content (AvgIpc) is 2.39. The van der Waals surface area contributed by atoms with Crippen molar-refractivity contribution in [1.82, 2.24) is 0 Å². The van der Waals surface area contributed by atoms with E-state index in [0.717, 1.165) is 24.5 Å². The SMILES string of the molecule is CCCC(C)COc1ccc(CCN)cc1OCC. The van der Waals surface area contributed by atoms with E-state index < -0.39 is 0 Å². The summed E-state index contributed by atoms with van der Waals surface area (Å²) in [5, 5.41) is 0. The number of hydrogen-bond acceptors (Lipinski definition) is 3. The molecule has 0 aromatic heterocycles. The van der Waals surface area contributed by atoms with Crippen LogP contribution in [0.1, 0.15) is 39.2 Å². The lowest BCUT2D eigenvalue weighted by Gasteiger charge is -2.16. The molecule has 0 heterocycles. The second kappa shape index (κ2) is 8.81. The van der Waals surface area contributed by atoms with Gasteiger partial charge >= 0.3 is 0 Å². The van der Waals surface area contributed by atoms with Gasteiger partial charge in [-0.05, 0) is 49.9 Å². The van der Waals surface area contributed by atoms with Gasteiger partial charge < -0.3 is 15.2 Å². The van der Waals surface area contributed by atoms with Crippen LogP contribution < -0.4 is 15.2 Å². The zero-order valence-corrected chi connectivity index (χ0v) is 12.4. The van der Waals surface area contributed by atoms with Crippen molar-refractivity contribution in [3.63, 3.8) is 0 Å². The Hall–Kier alpha value is -1.22. The molecular weight excluding hydrogens is 238 g/mol. The molecule has 0 aliphatic rings. The number of rotatable bonds is 9. The maximum Gasteiger partial charge on any atom is 0.161 e. The van der Waals surface area contributed by atoms with Gasteiger partial charge in [-0.1, -0.05) is 26.3 Å². The van der Waals surface area contributed by atoms with E-state index in [4.69, 9.17) is 15.2 Å². The smallest absolute Gasteiger partial charge is 0.161 e. The normalized spacial score (nSPS) is 12.2. The first kappa shape index (κ1) is 15.8. The standard InChI is InChI=1S/C16H27NO2/c1-4-6-13(3)12-19-15-8-7-14(9-10-17)11-16(15)18-5-2/h7-8,11,13H,4-6,9-10,12,17H2,1-3H3. The number of hydrogen-bond donors (Lipinski definition) is 1. The highest BCUT2D eigenvalue weighted by molar-refractivity contribution is 5.43. The molecule has 1 aromatic rings. The van der Waals surface area contributed by atoms with Crippen molar-refractivity contribution in [2.45, 2.75) is 40.0 Å². The highest BCUT2D eigenvalue weighted by atomic mass is 16.5. The van der Waals surface area contributed by atoms with E-state index in [9.17, 15) is 0 Å². The van der Waals surface area contributed by atoms with Crippen LogP contribution >= 0.6 is 0 Å². The molecule has 0 bridgehead atoms. The lowest BCUT2D eigenvalue weighted by molar-refractivity contribution is 0.234. The molecule has 0 amide bonds. The summed E-state index contributed by atoms with van der Waals surface area (Å²) in [6.07, 6.45) is 3.25. The predicted molar refractivity (Wildman–Crippen MR) is 79.9 cm³/mol. The maximum atomic E-state index is 5.88. The third-order valence-corrected chi connectivity index (χ3v) is 3.05. The van der Waals surface area contributed by atoms with Crippen LogP contribution in [0.3, 0.4) is 0 Å². The zero-order chi connectivity index (χ0) is 14.1. The van der Waals surface area contributed by atoms with Crippen molar-refractivity contribution in [3.05, 3.63) is 23.8 Å². The molecule has 1 atom stereocenters. The molecule has 0 spiro atoms. The van der Waals surface area contributed by atoms with Crippen LogP contribution in [0.25, 0.3) is 0 Å². The molecule has 1 rings (SSSR count). The Morgan fingerprint density at radius 1 is 1.16 bits per heavy atom. The summed E-state index contributed by atoms with van der Waals surface area (Å²) in [7, 11) is 0. The minimum absolute atomic E-state index is 0.572. The number of ether oxygens (including phenoxy) is 2. The fourth-order valence-corrected chi connectivity index (χ4v) is 2.07. The van der Waals surface area contributed by atoms with Gasteiger partial charge in [-0.3, -0.25) is 0 Å². The predicted octanol–water partition coefficient (Wildman–Crippen LogP) is 3.40. The van der Waals surface area contributed by atoms with Crippen LogP contribution in [0, 0.1) is 5.92 Å². The Morgan fingerprint density at radius 3 is 2.58 bits per heavy atom. The summed E-state index contributed by atoms with van der Waals surface area (Å²) in [5.74, 6) is 2.24. The molecule has 0 radical (unpaired) electrons. The summed E-state index contributed by atoms with van der Waals surface area (Å²) in [6.45, 7) is 8.44. The van der Waals surface area contributed by atoms with Crippen molar-refractivity contribution in [2.75, 3.05) is 19.8 Å². The molecule has 3 nitrogen and oxygen atoms in total. The average molecular weight is 265 g/mol. The molecule has 1 unspecified atom stereocenters. The molecule has 1 aromatic carbocycles. The van der Waals surface area contributed by atoms with Gasteiger partial charge in [0.15, 0.2) is 11.5 Å². The fourth-order valence-electron chi connectivity index (χ4n) is 2.07. The van der Waals surface area contributed by atoms with Gasteiger partial charge in [-0.15, -0.1) is 0 Å². The quantitative estimate of drug-likeness (QED) is 0.744. The summed E-state index contributed by atoms with van der Waals surface area (Å²) in [6, 6.07) is 6.10. The van der Waals surface area contributed by atoms with E-state index in [1.165, 1.54) is 18.4 Å². The Kier molecular flexibility index (Phi) is 7.34. The van der Waals surface area contributed by atoms with Gasteiger partial charge in [0.25, 0.3) is 0 Å². The number of benzene rings is 1. The third-order valence-electron chi connectivity index (χ3n) is 3.05. The molecule has 0 aliphatic heterocycles. The monoisotopic (exact) mass is 265 g/mol. The second-order valence-corrected chi connectivity index (χ2v) is 4.96. The Bertz CT molecular complexity index is 366. The molecule has 0 fully saturated rings.